The fraction of sp³-hybridized carbons (Fsp3) is 0.310. The number of aryl methyl sites for hydroxylation is 1. The lowest BCUT2D eigenvalue weighted by atomic mass is 9.96. The summed E-state index contributed by atoms with van der Waals surface area (Å²) in [6.45, 7) is 1.99. The lowest BCUT2D eigenvalue weighted by Gasteiger charge is -2.14. The molecule has 0 bridgehead atoms. The summed E-state index contributed by atoms with van der Waals surface area (Å²) in [5.41, 5.74) is 0.725. The van der Waals surface area contributed by atoms with Crippen LogP contribution in [0.15, 0.2) is 29.2 Å². The predicted octanol–water partition coefficient (Wildman–Crippen LogP) is 8.88. The van der Waals surface area contributed by atoms with Gasteiger partial charge < -0.3 is 20.5 Å². The molecule has 0 fully saturated rings. The zero-order chi connectivity index (χ0) is 31.3. The molecule has 2 amide bonds. The van der Waals surface area contributed by atoms with Crippen LogP contribution in [0.5, 0.6) is 0 Å². The summed E-state index contributed by atoms with van der Waals surface area (Å²) in [4.78, 5) is 52.5. The first kappa shape index (κ1) is 33.4. The van der Waals surface area contributed by atoms with E-state index in [0.29, 0.717) is 21.1 Å². The first-order chi connectivity index (χ1) is 20.5. The fourth-order valence-corrected chi connectivity index (χ4v) is 7.71. The Morgan fingerprint density at radius 1 is 0.907 bits per heavy atom. The van der Waals surface area contributed by atoms with Gasteiger partial charge in [0.15, 0.2) is 0 Å². The molecule has 14 heteroatoms. The number of carbonyl (C=O) groups is 4. The fourth-order valence-electron chi connectivity index (χ4n) is 4.64. The van der Waals surface area contributed by atoms with Crippen LogP contribution in [0.3, 0.4) is 0 Å². The average molecular weight is 704 g/mol. The number of fused-ring (bicyclic) bond motifs is 1. The predicted molar refractivity (Wildman–Crippen MR) is 173 cm³/mol. The van der Waals surface area contributed by atoms with Crippen molar-refractivity contribution in [3.8, 4) is 0 Å². The quantitative estimate of drug-likeness (QED) is 0.0881. The highest BCUT2D eigenvalue weighted by Crippen LogP contribution is 2.42. The Morgan fingerprint density at radius 3 is 2.26 bits per heavy atom. The van der Waals surface area contributed by atoms with Gasteiger partial charge in [0.1, 0.15) is 5.00 Å². The van der Waals surface area contributed by atoms with Gasteiger partial charge in [-0.2, -0.15) is 0 Å². The number of anilines is 2. The number of hydrogen-bond acceptors (Lipinski definition) is 7. The molecule has 228 valence electrons. The van der Waals surface area contributed by atoms with Crippen LogP contribution in [-0.2, 0) is 22.4 Å². The molecule has 2 aromatic carbocycles. The number of rotatable bonds is 9. The summed E-state index contributed by atoms with van der Waals surface area (Å²) in [5.74, 6) is -3.07. The van der Waals surface area contributed by atoms with Gasteiger partial charge in [-0.3, -0.25) is 9.59 Å². The number of carboxylic acid groups (broad SMARTS) is 1. The van der Waals surface area contributed by atoms with Crippen LogP contribution < -0.4 is 10.6 Å². The standard InChI is InChI=1S/C29H26Cl4N2O6S2/c1-2-41-29(40)19-16-10-5-3-4-6-11-17(16)43-27(19)35-18(36)13-42-15-9-7-8-14(12-15)34-26(37)20-21(28(38)39)23(31)25(33)24(32)22(20)30/h7-9,12H,2-6,10-11,13H2,1H3,(H,34,37)(H,35,36)(H,38,39). The number of benzene rings is 2. The van der Waals surface area contributed by atoms with Crippen LogP contribution in [0, 0.1) is 0 Å². The van der Waals surface area contributed by atoms with Crippen molar-refractivity contribution in [2.45, 2.75) is 50.3 Å². The normalized spacial score (nSPS) is 13.0. The molecular weight excluding hydrogens is 678 g/mol. The lowest BCUT2D eigenvalue weighted by molar-refractivity contribution is -0.113. The van der Waals surface area contributed by atoms with Crippen LogP contribution in [-0.4, -0.2) is 41.2 Å². The number of hydrogen-bond donors (Lipinski definition) is 3. The van der Waals surface area contributed by atoms with Gasteiger partial charge in [-0.15, -0.1) is 23.1 Å². The third-order valence-electron chi connectivity index (χ3n) is 6.57. The van der Waals surface area contributed by atoms with Gasteiger partial charge in [0.2, 0.25) is 5.91 Å². The van der Waals surface area contributed by atoms with Crippen LogP contribution in [0.4, 0.5) is 10.7 Å². The Balaban J connectivity index is 1.48. The molecule has 0 saturated carbocycles. The van der Waals surface area contributed by atoms with Gasteiger partial charge in [-0.25, -0.2) is 9.59 Å². The topological polar surface area (TPSA) is 122 Å². The molecule has 4 rings (SSSR count). The molecule has 0 spiro atoms. The van der Waals surface area contributed by atoms with Gasteiger partial charge in [0.25, 0.3) is 5.91 Å². The van der Waals surface area contributed by atoms with Crippen molar-refractivity contribution in [3.63, 3.8) is 0 Å². The van der Waals surface area contributed by atoms with E-state index < -0.39 is 34.0 Å². The third kappa shape index (κ3) is 7.79. The molecule has 1 aliphatic carbocycles. The van der Waals surface area contributed by atoms with Crippen molar-refractivity contribution < 1.29 is 29.0 Å². The van der Waals surface area contributed by atoms with E-state index >= 15 is 0 Å². The number of halogens is 4. The molecule has 0 unspecified atom stereocenters. The molecule has 8 nitrogen and oxygen atoms in total. The highest BCUT2D eigenvalue weighted by atomic mass is 35.5. The minimum atomic E-state index is -1.50. The Morgan fingerprint density at radius 2 is 1.58 bits per heavy atom. The van der Waals surface area contributed by atoms with Crippen molar-refractivity contribution in [2.24, 2.45) is 0 Å². The van der Waals surface area contributed by atoms with E-state index in [0.717, 1.165) is 49.0 Å². The van der Waals surface area contributed by atoms with Crippen LogP contribution in [0.2, 0.25) is 20.1 Å². The molecule has 3 aromatic rings. The highest BCUT2D eigenvalue weighted by molar-refractivity contribution is 8.00. The summed E-state index contributed by atoms with van der Waals surface area (Å²) in [7, 11) is 0. The second-order valence-corrected chi connectivity index (χ2v) is 13.1. The lowest BCUT2D eigenvalue weighted by Crippen LogP contribution is -2.18. The highest BCUT2D eigenvalue weighted by Gasteiger charge is 2.29. The number of aromatic carboxylic acids is 1. The second-order valence-electron chi connectivity index (χ2n) is 9.47. The smallest absolute Gasteiger partial charge is 0.341 e. The summed E-state index contributed by atoms with van der Waals surface area (Å²) in [5, 5.41) is 14.4. The van der Waals surface area contributed by atoms with Gasteiger partial charge in [0.05, 0.1) is 49.1 Å². The van der Waals surface area contributed by atoms with Crippen molar-refractivity contribution in [1.82, 2.24) is 0 Å². The Kier molecular flexibility index (Phi) is 11.7. The van der Waals surface area contributed by atoms with Gasteiger partial charge in [-0.05, 0) is 56.4 Å². The number of esters is 1. The van der Waals surface area contributed by atoms with Crippen LogP contribution >= 0.6 is 69.5 Å². The van der Waals surface area contributed by atoms with Crippen molar-refractivity contribution >= 4 is 104 Å². The van der Waals surface area contributed by atoms with Gasteiger partial charge in [0, 0.05) is 15.5 Å². The molecule has 1 heterocycles. The molecule has 0 aliphatic heterocycles. The minimum Gasteiger partial charge on any atom is -0.478 e. The molecular formula is C29H26Cl4N2O6S2. The number of thiophene rings is 1. The number of nitrogens with one attached hydrogen (secondary N) is 2. The van der Waals surface area contributed by atoms with Crippen molar-refractivity contribution in [3.05, 3.63) is 71.5 Å². The van der Waals surface area contributed by atoms with E-state index in [9.17, 15) is 24.3 Å². The monoisotopic (exact) mass is 702 g/mol. The zero-order valence-corrected chi connectivity index (χ0v) is 27.4. The number of thioether (sulfide) groups is 1. The molecule has 0 atom stereocenters. The van der Waals surface area contributed by atoms with Crippen molar-refractivity contribution in [2.75, 3.05) is 23.0 Å². The van der Waals surface area contributed by atoms with E-state index in [1.54, 1.807) is 31.2 Å². The summed E-state index contributed by atoms with van der Waals surface area (Å²) < 4.78 is 5.31. The largest absolute Gasteiger partial charge is 0.478 e. The van der Waals surface area contributed by atoms with E-state index in [1.807, 2.05) is 0 Å². The number of carboxylic acids is 1. The second kappa shape index (κ2) is 15.0. The van der Waals surface area contributed by atoms with E-state index in [-0.39, 0.29) is 33.3 Å². The molecule has 0 saturated heterocycles. The third-order valence-corrected chi connectivity index (χ3v) is 10.6. The van der Waals surface area contributed by atoms with Crippen molar-refractivity contribution in [1.29, 1.82) is 0 Å². The molecule has 3 N–H and O–H groups in total. The SMILES string of the molecule is CCOC(=O)c1c(NC(=O)CSc2cccc(NC(=O)c3c(Cl)c(Cl)c(Cl)c(Cl)c3C(=O)O)c2)sc2c1CCCCCC2. The van der Waals surface area contributed by atoms with Gasteiger partial charge in [-0.1, -0.05) is 65.3 Å². The average Bonchev–Trinajstić information content (AvgIpc) is 3.28. The van der Waals surface area contributed by atoms with Gasteiger partial charge >= 0.3 is 11.9 Å². The number of ether oxygens (including phenoxy) is 1. The molecule has 0 radical (unpaired) electrons. The maximum atomic E-state index is 13.1. The maximum Gasteiger partial charge on any atom is 0.341 e. The zero-order valence-electron chi connectivity index (χ0n) is 22.8. The summed E-state index contributed by atoms with van der Waals surface area (Å²) >= 11 is 26.9. The number of carbonyl (C=O) groups excluding carboxylic acids is 3. The van der Waals surface area contributed by atoms with E-state index in [1.165, 1.54) is 23.1 Å². The van der Waals surface area contributed by atoms with Crippen LogP contribution in [0.1, 0.15) is 74.1 Å². The summed E-state index contributed by atoms with van der Waals surface area (Å²) in [6, 6.07) is 6.61. The first-order valence-corrected chi connectivity index (χ1v) is 16.6. The molecule has 1 aliphatic rings. The Bertz CT molecular complexity index is 1590. The number of amides is 2. The van der Waals surface area contributed by atoms with E-state index in [2.05, 4.69) is 10.6 Å². The Hall–Kier alpha value is -2.47. The molecule has 43 heavy (non-hydrogen) atoms. The Labute approximate surface area is 276 Å². The summed E-state index contributed by atoms with van der Waals surface area (Å²) in [6.07, 6.45) is 5.89. The van der Waals surface area contributed by atoms with Crippen LogP contribution in [0.25, 0.3) is 0 Å². The molecule has 1 aromatic heterocycles. The first-order valence-electron chi connectivity index (χ1n) is 13.3. The minimum absolute atomic E-state index is 0.0274. The maximum absolute atomic E-state index is 13.1. The van der Waals surface area contributed by atoms with E-state index in [4.69, 9.17) is 51.1 Å².